The number of carbonyl (C=O) groups excluding carboxylic acids is 3. The van der Waals surface area contributed by atoms with Crippen molar-refractivity contribution < 1.29 is 23.5 Å². The molecule has 0 aliphatic carbocycles. The van der Waals surface area contributed by atoms with E-state index < -0.39 is 18.5 Å². The van der Waals surface area contributed by atoms with Crippen LogP contribution in [0.5, 0.6) is 0 Å². The zero-order valence-corrected chi connectivity index (χ0v) is 15.8. The number of rotatable bonds is 6. The molecule has 0 aliphatic heterocycles. The first-order valence-electron chi connectivity index (χ1n) is 8.04. The molecule has 0 saturated carbocycles. The second kappa shape index (κ2) is 8.73. The van der Waals surface area contributed by atoms with Crippen LogP contribution in [0.4, 0.5) is 5.69 Å². The Morgan fingerprint density at radius 3 is 2.54 bits per heavy atom. The zero-order chi connectivity index (χ0) is 20.1. The van der Waals surface area contributed by atoms with E-state index in [0.717, 1.165) is 0 Å². The van der Waals surface area contributed by atoms with Gasteiger partial charge >= 0.3 is 5.97 Å². The summed E-state index contributed by atoms with van der Waals surface area (Å²) in [6, 6.07) is 14.4. The van der Waals surface area contributed by atoms with E-state index in [1.165, 1.54) is 18.2 Å². The molecule has 2 aromatic carbocycles. The second-order valence-electron chi connectivity index (χ2n) is 5.62. The number of nitrogens with one attached hydrogen (secondary N) is 1. The van der Waals surface area contributed by atoms with Crippen molar-refractivity contribution in [2.45, 2.75) is 0 Å². The number of benzene rings is 2. The molecule has 1 heterocycles. The van der Waals surface area contributed by atoms with Crippen molar-refractivity contribution in [1.82, 2.24) is 0 Å². The number of carbonyl (C=O) groups is 3. The molecule has 0 unspecified atom stereocenters. The summed E-state index contributed by atoms with van der Waals surface area (Å²) in [5, 5.41) is 3.07. The molecule has 0 radical (unpaired) electrons. The average Bonchev–Trinajstić information content (AvgIpc) is 3.17. The predicted octanol–water partition coefficient (Wildman–Crippen LogP) is 4.86. The lowest BCUT2D eigenvalue weighted by Gasteiger charge is -2.09. The van der Waals surface area contributed by atoms with Crippen LogP contribution < -0.4 is 5.32 Å². The van der Waals surface area contributed by atoms with E-state index in [2.05, 4.69) is 5.32 Å². The highest BCUT2D eigenvalue weighted by Crippen LogP contribution is 2.27. The quantitative estimate of drug-likeness (QED) is 0.457. The molecule has 0 fully saturated rings. The summed E-state index contributed by atoms with van der Waals surface area (Å²) < 4.78 is 10.4. The van der Waals surface area contributed by atoms with Gasteiger partial charge in [-0.3, -0.25) is 9.59 Å². The Labute approximate surface area is 170 Å². The molecule has 0 aliphatic rings. The first-order valence-corrected chi connectivity index (χ1v) is 8.80. The van der Waals surface area contributed by atoms with Gasteiger partial charge in [-0.25, -0.2) is 4.79 Å². The van der Waals surface area contributed by atoms with Gasteiger partial charge in [0.15, 0.2) is 18.7 Å². The number of hydrogen-bond donors (Lipinski definition) is 1. The van der Waals surface area contributed by atoms with Crippen molar-refractivity contribution in [2.24, 2.45) is 0 Å². The number of anilines is 1. The van der Waals surface area contributed by atoms with Crippen LogP contribution in [0.15, 0.2) is 59.0 Å². The molecule has 0 atom stereocenters. The van der Waals surface area contributed by atoms with Gasteiger partial charge in [0.05, 0.1) is 21.3 Å². The maximum atomic E-state index is 12.3. The third-order valence-corrected chi connectivity index (χ3v) is 4.36. The lowest BCUT2D eigenvalue weighted by molar-refractivity contribution is -0.119. The number of aldehydes is 1. The zero-order valence-electron chi connectivity index (χ0n) is 14.3. The van der Waals surface area contributed by atoms with Crippen molar-refractivity contribution in [3.8, 4) is 11.3 Å². The Morgan fingerprint density at radius 2 is 1.82 bits per heavy atom. The van der Waals surface area contributed by atoms with Crippen LogP contribution >= 0.6 is 23.2 Å². The van der Waals surface area contributed by atoms with E-state index in [0.29, 0.717) is 28.3 Å². The highest BCUT2D eigenvalue weighted by molar-refractivity contribution is 6.34. The van der Waals surface area contributed by atoms with E-state index >= 15 is 0 Å². The van der Waals surface area contributed by atoms with Gasteiger partial charge in [0.25, 0.3) is 5.91 Å². The molecule has 28 heavy (non-hydrogen) atoms. The second-order valence-corrected chi connectivity index (χ2v) is 6.43. The molecule has 1 N–H and O–H groups in total. The molecule has 0 spiro atoms. The molecule has 8 heteroatoms. The van der Waals surface area contributed by atoms with E-state index in [1.54, 1.807) is 36.4 Å². The van der Waals surface area contributed by atoms with Crippen LogP contribution in [0.3, 0.4) is 0 Å². The van der Waals surface area contributed by atoms with Gasteiger partial charge in [-0.05, 0) is 42.5 Å². The standard InChI is InChI=1S/C20H13Cl2NO5/c21-15-7-5-12(18-8-6-13(10-24)28-18)9-14(15)20(26)27-11-19(25)23-17-4-2-1-3-16(17)22/h1-10H,11H2,(H,23,25). The number of ether oxygens (including phenoxy) is 1. The average molecular weight is 418 g/mol. The molecule has 1 amide bonds. The van der Waals surface area contributed by atoms with Crippen LogP contribution in [0.1, 0.15) is 20.9 Å². The van der Waals surface area contributed by atoms with Crippen LogP contribution in [0.2, 0.25) is 10.0 Å². The maximum Gasteiger partial charge on any atom is 0.340 e. The first-order chi connectivity index (χ1) is 13.5. The van der Waals surface area contributed by atoms with Crippen LogP contribution in [-0.4, -0.2) is 24.8 Å². The van der Waals surface area contributed by atoms with Crippen LogP contribution in [-0.2, 0) is 9.53 Å². The Morgan fingerprint density at radius 1 is 1.04 bits per heavy atom. The number of hydrogen-bond acceptors (Lipinski definition) is 5. The summed E-state index contributed by atoms with van der Waals surface area (Å²) in [5.41, 5.74) is 1.01. The fourth-order valence-corrected chi connectivity index (χ4v) is 2.74. The van der Waals surface area contributed by atoms with Crippen molar-refractivity contribution in [3.05, 3.63) is 76.0 Å². The van der Waals surface area contributed by atoms with Crippen LogP contribution in [0, 0.1) is 0 Å². The minimum atomic E-state index is -0.775. The van der Waals surface area contributed by atoms with Gasteiger partial charge in [-0.2, -0.15) is 0 Å². The Kier molecular flexibility index (Phi) is 6.13. The molecule has 0 bridgehead atoms. The summed E-state index contributed by atoms with van der Waals surface area (Å²) >= 11 is 12.0. The summed E-state index contributed by atoms with van der Waals surface area (Å²) in [5.74, 6) is -0.770. The maximum absolute atomic E-state index is 12.3. The van der Waals surface area contributed by atoms with E-state index in [1.807, 2.05) is 0 Å². The van der Waals surface area contributed by atoms with Gasteiger partial charge in [0, 0.05) is 5.56 Å². The summed E-state index contributed by atoms with van der Waals surface area (Å²) in [6.45, 7) is -0.513. The highest BCUT2D eigenvalue weighted by atomic mass is 35.5. The molecule has 3 rings (SSSR count). The minimum Gasteiger partial charge on any atom is -0.453 e. The number of amides is 1. The van der Waals surface area contributed by atoms with Gasteiger partial charge in [-0.1, -0.05) is 35.3 Å². The summed E-state index contributed by atoms with van der Waals surface area (Å²) in [4.78, 5) is 35.1. The SMILES string of the molecule is O=Cc1ccc(-c2ccc(Cl)c(C(=O)OCC(=O)Nc3ccccc3Cl)c2)o1. The normalized spacial score (nSPS) is 10.4. The molecular formula is C20H13Cl2NO5. The Balaban J connectivity index is 1.68. The van der Waals surface area contributed by atoms with Crippen molar-refractivity contribution in [3.63, 3.8) is 0 Å². The summed E-state index contributed by atoms with van der Waals surface area (Å²) in [7, 11) is 0. The molecular weight excluding hydrogens is 405 g/mol. The fraction of sp³-hybridized carbons (Fsp3) is 0.0500. The van der Waals surface area contributed by atoms with Gasteiger partial charge < -0.3 is 14.5 Å². The van der Waals surface area contributed by atoms with E-state index in [4.69, 9.17) is 32.4 Å². The summed E-state index contributed by atoms with van der Waals surface area (Å²) in [6.07, 6.45) is 0.576. The van der Waals surface area contributed by atoms with E-state index in [-0.39, 0.29) is 16.3 Å². The predicted molar refractivity (Wildman–Crippen MR) is 105 cm³/mol. The monoisotopic (exact) mass is 417 g/mol. The smallest absolute Gasteiger partial charge is 0.340 e. The van der Waals surface area contributed by atoms with Gasteiger partial charge in [-0.15, -0.1) is 0 Å². The fourth-order valence-electron chi connectivity index (χ4n) is 2.36. The Bertz CT molecular complexity index is 1040. The number of halogens is 2. The molecule has 142 valence electrons. The Hall–Kier alpha value is -3.09. The third-order valence-electron chi connectivity index (χ3n) is 3.70. The molecule has 3 aromatic rings. The van der Waals surface area contributed by atoms with Crippen molar-refractivity contribution in [2.75, 3.05) is 11.9 Å². The molecule has 0 saturated heterocycles. The highest BCUT2D eigenvalue weighted by Gasteiger charge is 2.16. The van der Waals surface area contributed by atoms with Crippen molar-refractivity contribution >= 4 is 47.1 Å². The van der Waals surface area contributed by atoms with Crippen molar-refractivity contribution in [1.29, 1.82) is 0 Å². The van der Waals surface area contributed by atoms with Gasteiger partial charge in [0.2, 0.25) is 0 Å². The number of esters is 1. The number of para-hydroxylation sites is 1. The third kappa shape index (κ3) is 4.60. The number of furan rings is 1. The minimum absolute atomic E-state index is 0.0637. The first kappa shape index (κ1) is 19.7. The molecule has 6 nitrogen and oxygen atoms in total. The largest absolute Gasteiger partial charge is 0.453 e. The lowest BCUT2D eigenvalue weighted by atomic mass is 10.1. The molecule has 1 aromatic heterocycles. The topological polar surface area (TPSA) is 85.6 Å². The lowest BCUT2D eigenvalue weighted by Crippen LogP contribution is -2.21. The van der Waals surface area contributed by atoms with Crippen LogP contribution in [0.25, 0.3) is 11.3 Å². The van der Waals surface area contributed by atoms with Gasteiger partial charge in [0.1, 0.15) is 5.76 Å². The van der Waals surface area contributed by atoms with E-state index in [9.17, 15) is 14.4 Å².